The molecule has 1 atom stereocenters. The maximum atomic E-state index is 6.24. The Hall–Kier alpha value is -1.80. The predicted molar refractivity (Wildman–Crippen MR) is 88.8 cm³/mol. The second kappa shape index (κ2) is 7.28. The lowest BCUT2D eigenvalue weighted by molar-refractivity contribution is 0.288. The number of hydrogen-bond donors (Lipinski definition) is 1. The average molecular weight is 283 g/mol. The van der Waals surface area contributed by atoms with Gasteiger partial charge in [0.1, 0.15) is 12.4 Å². The number of rotatable bonds is 6. The van der Waals surface area contributed by atoms with E-state index in [0.717, 1.165) is 17.7 Å². The van der Waals surface area contributed by atoms with Crippen LogP contribution in [0.3, 0.4) is 0 Å². The second-order valence-corrected chi connectivity index (χ2v) is 5.70. The first-order chi connectivity index (χ1) is 10.1. The molecule has 0 aliphatic carbocycles. The molecule has 2 aromatic carbocycles. The molecule has 0 saturated heterocycles. The standard InChI is InChI=1S/C19H25NO/c1-4-15-7-5-6-8-19(15)21-13-18(20)17-11-9-16(10-12-17)14(2)3/h5-12,14,18H,4,13,20H2,1-3H3. The quantitative estimate of drug-likeness (QED) is 0.850. The van der Waals surface area contributed by atoms with Gasteiger partial charge in [0.05, 0.1) is 6.04 Å². The van der Waals surface area contributed by atoms with E-state index in [2.05, 4.69) is 51.1 Å². The van der Waals surface area contributed by atoms with E-state index in [4.69, 9.17) is 10.5 Å². The van der Waals surface area contributed by atoms with Crippen LogP contribution in [0.1, 0.15) is 49.4 Å². The van der Waals surface area contributed by atoms with Crippen LogP contribution in [-0.2, 0) is 6.42 Å². The fourth-order valence-corrected chi connectivity index (χ4v) is 2.34. The first-order valence-electron chi connectivity index (χ1n) is 7.68. The lowest BCUT2D eigenvalue weighted by atomic mass is 9.99. The highest BCUT2D eigenvalue weighted by molar-refractivity contribution is 5.33. The van der Waals surface area contributed by atoms with Crippen LogP contribution < -0.4 is 10.5 Å². The molecule has 0 saturated carbocycles. The van der Waals surface area contributed by atoms with Gasteiger partial charge < -0.3 is 10.5 Å². The maximum Gasteiger partial charge on any atom is 0.122 e. The van der Waals surface area contributed by atoms with E-state index < -0.39 is 0 Å². The summed E-state index contributed by atoms with van der Waals surface area (Å²) in [6.07, 6.45) is 0.967. The van der Waals surface area contributed by atoms with Crippen molar-refractivity contribution in [2.75, 3.05) is 6.61 Å². The SMILES string of the molecule is CCc1ccccc1OCC(N)c1ccc(C(C)C)cc1. The zero-order valence-corrected chi connectivity index (χ0v) is 13.2. The summed E-state index contributed by atoms with van der Waals surface area (Å²) in [4.78, 5) is 0. The molecule has 0 aromatic heterocycles. The van der Waals surface area contributed by atoms with Gasteiger partial charge in [-0.15, -0.1) is 0 Å². The molecule has 0 amide bonds. The molecule has 0 bridgehead atoms. The van der Waals surface area contributed by atoms with Crippen molar-refractivity contribution in [1.82, 2.24) is 0 Å². The molecule has 2 N–H and O–H groups in total. The summed E-state index contributed by atoms with van der Waals surface area (Å²) in [6.45, 7) is 7.02. The van der Waals surface area contributed by atoms with E-state index in [0.29, 0.717) is 12.5 Å². The summed E-state index contributed by atoms with van der Waals surface area (Å²) >= 11 is 0. The molecule has 0 fully saturated rings. The van der Waals surface area contributed by atoms with Crippen LogP contribution in [0.5, 0.6) is 5.75 Å². The van der Waals surface area contributed by atoms with Crippen molar-refractivity contribution in [3.8, 4) is 5.75 Å². The molecule has 0 radical (unpaired) electrons. The van der Waals surface area contributed by atoms with Crippen LogP contribution in [0.15, 0.2) is 48.5 Å². The van der Waals surface area contributed by atoms with Gasteiger partial charge in [-0.3, -0.25) is 0 Å². The van der Waals surface area contributed by atoms with Gasteiger partial charge in [-0.25, -0.2) is 0 Å². The van der Waals surface area contributed by atoms with Crippen LogP contribution in [0.25, 0.3) is 0 Å². The average Bonchev–Trinajstić information content (AvgIpc) is 2.52. The van der Waals surface area contributed by atoms with Crippen LogP contribution in [0.2, 0.25) is 0 Å². The fourth-order valence-electron chi connectivity index (χ4n) is 2.34. The summed E-state index contributed by atoms with van der Waals surface area (Å²) in [5.41, 5.74) is 9.91. The summed E-state index contributed by atoms with van der Waals surface area (Å²) in [5, 5.41) is 0. The van der Waals surface area contributed by atoms with E-state index in [-0.39, 0.29) is 6.04 Å². The van der Waals surface area contributed by atoms with E-state index in [1.165, 1.54) is 11.1 Å². The topological polar surface area (TPSA) is 35.2 Å². The van der Waals surface area contributed by atoms with Crippen molar-refractivity contribution in [3.05, 3.63) is 65.2 Å². The third-order valence-corrected chi connectivity index (χ3v) is 3.80. The normalized spacial score (nSPS) is 12.4. The van der Waals surface area contributed by atoms with Gasteiger partial charge in [0, 0.05) is 0 Å². The van der Waals surface area contributed by atoms with E-state index in [1.54, 1.807) is 0 Å². The van der Waals surface area contributed by atoms with Crippen molar-refractivity contribution >= 4 is 0 Å². The van der Waals surface area contributed by atoms with Gasteiger partial charge in [0.25, 0.3) is 0 Å². The molecule has 0 spiro atoms. The summed E-state index contributed by atoms with van der Waals surface area (Å²) in [5.74, 6) is 1.48. The molecule has 112 valence electrons. The summed E-state index contributed by atoms with van der Waals surface area (Å²) in [7, 11) is 0. The Labute approximate surface area is 127 Å². The molecule has 1 unspecified atom stereocenters. The minimum atomic E-state index is -0.101. The first kappa shape index (κ1) is 15.6. The lowest BCUT2D eigenvalue weighted by Gasteiger charge is -2.16. The van der Waals surface area contributed by atoms with Crippen LogP contribution in [-0.4, -0.2) is 6.61 Å². The smallest absolute Gasteiger partial charge is 0.122 e. The highest BCUT2D eigenvalue weighted by atomic mass is 16.5. The number of para-hydroxylation sites is 1. The van der Waals surface area contributed by atoms with Crippen molar-refractivity contribution < 1.29 is 4.74 Å². The molecule has 0 aliphatic heterocycles. The van der Waals surface area contributed by atoms with Crippen LogP contribution in [0, 0.1) is 0 Å². The second-order valence-electron chi connectivity index (χ2n) is 5.70. The molecular weight excluding hydrogens is 258 g/mol. The molecule has 2 rings (SSSR count). The van der Waals surface area contributed by atoms with Gasteiger partial charge in [-0.05, 0) is 35.1 Å². The van der Waals surface area contributed by atoms with Crippen molar-refractivity contribution in [2.45, 2.75) is 39.2 Å². The Kier molecular flexibility index (Phi) is 5.40. The van der Waals surface area contributed by atoms with Crippen molar-refractivity contribution in [1.29, 1.82) is 0 Å². The van der Waals surface area contributed by atoms with E-state index in [1.807, 2.05) is 18.2 Å². The van der Waals surface area contributed by atoms with Crippen LogP contribution in [0.4, 0.5) is 0 Å². The Morgan fingerprint density at radius 1 is 0.952 bits per heavy atom. The minimum absolute atomic E-state index is 0.101. The Morgan fingerprint density at radius 3 is 2.19 bits per heavy atom. The maximum absolute atomic E-state index is 6.24. The largest absolute Gasteiger partial charge is 0.491 e. The van der Waals surface area contributed by atoms with Crippen molar-refractivity contribution in [3.63, 3.8) is 0 Å². The lowest BCUT2D eigenvalue weighted by Crippen LogP contribution is -2.19. The molecule has 2 nitrogen and oxygen atoms in total. The monoisotopic (exact) mass is 283 g/mol. The third-order valence-electron chi connectivity index (χ3n) is 3.80. The van der Waals surface area contributed by atoms with Gasteiger partial charge in [-0.2, -0.15) is 0 Å². The number of hydrogen-bond acceptors (Lipinski definition) is 2. The zero-order chi connectivity index (χ0) is 15.2. The number of benzene rings is 2. The molecule has 0 aliphatic rings. The first-order valence-corrected chi connectivity index (χ1v) is 7.68. The number of nitrogens with two attached hydrogens (primary N) is 1. The fraction of sp³-hybridized carbons (Fsp3) is 0.368. The molecule has 2 aromatic rings. The Bertz CT molecular complexity index is 560. The summed E-state index contributed by atoms with van der Waals surface area (Å²) in [6, 6.07) is 16.6. The molecular formula is C19H25NO. The Morgan fingerprint density at radius 2 is 1.57 bits per heavy atom. The van der Waals surface area contributed by atoms with Gasteiger partial charge in [-0.1, -0.05) is 63.2 Å². The molecule has 0 heterocycles. The molecule has 21 heavy (non-hydrogen) atoms. The van der Waals surface area contributed by atoms with Crippen LogP contribution >= 0.6 is 0 Å². The third kappa shape index (κ3) is 4.08. The zero-order valence-electron chi connectivity index (χ0n) is 13.2. The summed E-state index contributed by atoms with van der Waals surface area (Å²) < 4.78 is 5.90. The van der Waals surface area contributed by atoms with E-state index in [9.17, 15) is 0 Å². The van der Waals surface area contributed by atoms with E-state index >= 15 is 0 Å². The van der Waals surface area contributed by atoms with Gasteiger partial charge >= 0.3 is 0 Å². The predicted octanol–water partition coefficient (Wildman–Crippen LogP) is 4.45. The Balaban J connectivity index is 1.99. The number of aryl methyl sites for hydroxylation is 1. The minimum Gasteiger partial charge on any atom is -0.491 e. The highest BCUT2D eigenvalue weighted by Gasteiger charge is 2.09. The number of ether oxygens (including phenoxy) is 1. The van der Waals surface area contributed by atoms with Gasteiger partial charge in [0.15, 0.2) is 0 Å². The highest BCUT2D eigenvalue weighted by Crippen LogP contribution is 2.21. The van der Waals surface area contributed by atoms with Gasteiger partial charge in [0.2, 0.25) is 0 Å². The van der Waals surface area contributed by atoms with Crippen molar-refractivity contribution in [2.24, 2.45) is 5.73 Å². The molecule has 2 heteroatoms.